The molecule has 0 aliphatic carbocycles. The standard InChI is InChI=1S/C14H26N4O/c1-14(2,11-18(4)5)10-17-13(15-3)16-9-12-7-6-8-19-12/h6-8H,9-11H2,1-5H3,(H2,15,16,17). The fourth-order valence-corrected chi connectivity index (χ4v) is 2.04. The first-order valence-electron chi connectivity index (χ1n) is 6.54. The van der Waals surface area contributed by atoms with Crippen LogP contribution in [0.2, 0.25) is 0 Å². The molecule has 1 heterocycles. The Kier molecular flexibility index (Phi) is 5.89. The van der Waals surface area contributed by atoms with Gasteiger partial charge in [0.1, 0.15) is 5.76 Å². The normalized spacial score (nSPS) is 12.8. The van der Waals surface area contributed by atoms with E-state index in [0.29, 0.717) is 6.54 Å². The Morgan fingerprint density at radius 1 is 1.37 bits per heavy atom. The Bertz CT molecular complexity index is 382. The van der Waals surface area contributed by atoms with Crippen molar-refractivity contribution in [3.05, 3.63) is 24.2 Å². The number of hydrogen-bond donors (Lipinski definition) is 2. The molecule has 19 heavy (non-hydrogen) atoms. The summed E-state index contributed by atoms with van der Waals surface area (Å²) in [5, 5.41) is 6.58. The zero-order chi connectivity index (χ0) is 14.3. The predicted molar refractivity (Wildman–Crippen MR) is 79.2 cm³/mol. The molecule has 0 fully saturated rings. The minimum absolute atomic E-state index is 0.186. The largest absolute Gasteiger partial charge is 0.467 e. The van der Waals surface area contributed by atoms with Crippen LogP contribution in [0.1, 0.15) is 19.6 Å². The lowest BCUT2D eigenvalue weighted by Crippen LogP contribution is -2.44. The predicted octanol–water partition coefficient (Wildman–Crippen LogP) is 1.53. The number of hydrogen-bond acceptors (Lipinski definition) is 3. The zero-order valence-electron chi connectivity index (χ0n) is 12.7. The third-order valence-corrected chi connectivity index (χ3v) is 2.71. The molecule has 2 N–H and O–H groups in total. The van der Waals surface area contributed by atoms with E-state index in [1.54, 1.807) is 13.3 Å². The summed E-state index contributed by atoms with van der Waals surface area (Å²) in [5.74, 6) is 1.69. The van der Waals surface area contributed by atoms with E-state index in [2.05, 4.69) is 48.5 Å². The first-order valence-corrected chi connectivity index (χ1v) is 6.54. The summed E-state index contributed by atoms with van der Waals surface area (Å²) in [5.41, 5.74) is 0.186. The average molecular weight is 266 g/mol. The van der Waals surface area contributed by atoms with Crippen molar-refractivity contribution in [3.8, 4) is 0 Å². The lowest BCUT2D eigenvalue weighted by atomic mass is 9.93. The van der Waals surface area contributed by atoms with E-state index >= 15 is 0 Å². The van der Waals surface area contributed by atoms with Gasteiger partial charge >= 0.3 is 0 Å². The van der Waals surface area contributed by atoms with Gasteiger partial charge in [-0.25, -0.2) is 0 Å². The van der Waals surface area contributed by atoms with E-state index in [1.165, 1.54) is 0 Å². The van der Waals surface area contributed by atoms with Crippen molar-refractivity contribution in [3.63, 3.8) is 0 Å². The van der Waals surface area contributed by atoms with Gasteiger partial charge in [-0.1, -0.05) is 13.8 Å². The second-order valence-corrected chi connectivity index (χ2v) is 5.76. The number of aliphatic imine (C=N–C) groups is 1. The summed E-state index contributed by atoms with van der Waals surface area (Å²) in [6, 6.07) is 3.82. The SMILES string of the molecule is CN=C(NCc1ccco1)NCC(C)(C)CN(C)C. The van der Waals surface area contributed by atoms with Crippen LogP contribution in [-0.2, 0) is 6.54 Å². The Morgan fingerprint density at radius 2 is 2.11 bits per heavy atom. The molecule has 1 aromatic heterocycles. The Hall–Kier alpha value is -1.49. The molecule has 5 heteroatoms. The number of nitrogens with zero attached hydrogens (tertiary/aromatic N) is 2. The highest BCUT2D eigenvalue weighted by molar-refractivity contribution is 5.79. The molecular weight excluding hydrogens is 240 g/mol. The molecule has 0 bridgehead atoms. The van der Waals surface area contributed by atoms with Gasteiger partial charge in [-0.15, -0.1) is 0 Å². The van der Waals surface area contributed by atoms with Gasteiger partial charge in [0.25, 0.3) is 0 Å². The first kappa shape index (κ1) is 15.6. The van der Waals surface area contributed by atoms with E-state index in [-0.39, 0.29) is 5.41 Å². The monoisotopic (exact) mass is 266 g/mol. The molecule has 0 aromatic carbocycles. The minimum atomic E-state index is 0.186. The fraction of sp³-hybridized carbons (Fsp3) is 0.643. The van der Waals surface area contributed by atoms with Crippen LogP contribution >= 0.6 is 0 Å². The summed E-state index contributed by atoms with van der Waals surface area (Å²) in [6.45, 7) is 7.00. The van der Waals surface area contributed by atoms with Gasteiger partial charge in [-0.2, -0.15) is 0 Å². The summed E-state index contributed by atoms with van der Waals surface area (Å²) in [7, 11) is 5.95. The summed E-state index contributed by atoms with van der Waals surface area (Å²) in [4.78, 5) is 6.40. The number of guanidine groups is 1. The highest BCUT2D eigenvalue weighted by Gasteiger charge is 2.19. The van der Waals surface area contributed by atoms with Gasteiger partial charge in [0, 0.05) is 20.1 Å². The van der Waals surface area contributed by atoms with Crippen LogP contribution in [0.25, 0.3) is 0 Å². The molecule has 1 rings (SSSR count). The average Bonchev–Trinajstić information content (AvgIpc) is 2.80. The van der Waals surface area contributed by atoms with Gasteiger partial charge < -0.3 is 20.0 Å². The van der Waals surface area contributed by atoms with Crippen molar-refractivity contribution in [1.82, 2.24) is 15.5 Å². The highest BCUT2D eigenvalue weighted by Crippen LogP contribution is 2.13. The molecule has 108 valence electrons. The molecule has 0 aliphatic rings. The maximum Gasteiger partial charge on any atom is 0.191 e. The van der Waals surface area contributed by atoms with Gasteiger partial charge in [-0.05, 0) is 31.6 Å². The molecule has 0 amide bonds. The third-order valence-electron chi connectivity index (χ3n) is 2.71. The van der Waals surface area contributed by atoms with Gasteiger partial charge in [0.2, 0.25) is 0 Å². The summed E-state index contributed by atoms with van der Waals surface area (Å²) in [6.07, 6.45) is 1.67. The van der Waals surface area contributed by atoms with Crippen molar-refractivity contribution in [1.29, 1.82) is 0 Å². The van der Waals surface area contributed by atoms with Gasteiger partial charge in [0.05, 0.1) is 12.8 Å². The minimum Gasteiger partial charge on any atom is -0.467 e. The van der Waals surface area contributed by atoms with E-state index in [1.807, 2.05) is 12.1 Å². The van der Waals surface area contributed by atoms with Crippen LogP contribution in [0.4, 0.5) is 0 Å². The van der Waals surface area contributed by atoms with Crippen LogP contribution in [0.3, 0.4) is 0 Å². The Labute approximate surface area is 116 Å². The van der Waals surface area contributed by atoms with Gasteiger partial charge in [0.15, 0.2) is 5.96 Å². The van der Waals surface area contributed by atoms with E-state index in [4.69, 9.17) is 4.42 Å². The topological polar surface area (TPSA) is 52.8 Å². The van der Waals surface area contributed by atoms with Crippen molar-refractivity contribution >= 4 is 5.96 Å². The molecule has 0 atom stereocenters. The lowest BCUT2D eigenvalue weighted by Gasteiger charge is -2.29. The quantitative estimate of drug-likeness (QED) is 0.606. The van der Waals surface area contributed by atoms with Crippen molar-refractivity contribution in [2.75, 3.05) is 34.2 Å². The molecule has 0 saturated heterocycles. The van der Waals surface area contributed by atoms with Gasteiger partial charge in [-0.3, -0.25) is 4.99 Å². The molecule has 0 unspecified atom stereocenters. The molecule has 1 aromatic rings. The third kappa shape index (κ3) is 6.29. The van der Waals surface area contributed by atoms with E-state index in [9.17, 15) is 0 Å². The van der Waals surface area contributed by atoms with Crippen LogP contribution in [0, 0.1) is 5.41 Å². The summed E-state index contributed by atoms with van der Waals surface area (Å²) >= 11 is 0. The molecule has 0 aliphatic heterocycles. The van der Waals surface area contributed by atoms with E-state index in [0.717, 1.165) is 24.8 Å². The molecular formula is C14H26N4O. The van der Waals surface area contributed by atoms with E-state index < -0.39 is 0 Å². The number of furan rings is 1. The van der Waals surface area contributed by atoms with Crippen LogP contribution in [0.15, 0.2) is 27.8 Å². The van der Waals surface area contributed by atoms with Crippen molar-refractivity contribution in [2.24, 2.45) is 10.4 Å². The maximum atomic E-state index is 5.27. The fourth-order valence-electron chi connectivity index (χ4n) is 2.04. The molecule has 0 radical (unpaired) electrons. The molecule has 0 spiro atoms. The molecule has 0 saturated carbocycles. The second-order valence-electron chi connectivity index (χ2n) is 5.76. The Morgan fingerprint density at radius 3 is 2.63 bits per heavy atom. The highest BCUT2D eigenvalue weighted by atomic mass is 16.3. The number of nitrogens with one attached hydrogen (secondary N) is 2. The zero-order valence-corrected chi connectivity index (χ0v) is 12.7. The number of rotatable bonds is 6. The lowest BCUT2D eigenvalue weighted by molar-refractivity contribution is 0.241. The van der Waals surface area contributed by atoms with Crippen molar-refractivity contribution in [2.45, 2.75) is 20.4 Å². The molecule has 5 nitrogen and oxygen atoms in total. The van der Waals surface area contributed by atoms with Crippen LogP contribution in [-0.4, -0.2) is 45.1 Å². The first-order chi connectivity index (χ1) is 8.93. The summed E-state index contributed by atoms with van der Waals surface area (Å²) < 4.78 is 5.27. The Balaban J connectivity index is 2.36. The van der Waals surface area contributed by atoms with Crippen LogP contribution < -0.4 is 10.6 Å². The van der Waals surface area contributed by atoms with Crippen molar-refractivity contribution < 1.29 is 4.42 Å². The maximum absolute atomic E-state index is 5.27. The smallest absolute Gasteiger partial charge is 0.191 e. The van der Waals surface area contributed by atoms with Crippen LogP contribution in [0.5, 0.6) is 0 Å². The second kappa shape index (κ2) is 7.19.